The first-order valence-electron chi connectivity index (χ1n) is 13.6. The van der Waals surface area contributed by atoms with E-state index in [0.717, 1.165) is 18.4 Å². The van der Waals surface area contributed by atoms with Crippen LogP contribution < -0.4 is 0 Å². The zero-order chi connectivity index (χ0) is 29.2. The molecule has 2 heterocycles. The van der Waals surface area contributed by atoms with Gasteiger partial charge < -0.3 is 14.2 Å². The number of esters is 3. The number of benzene rings is 2. The van der Waals surface area contributed by atoms with E-state index >= 15 is 0 Å². The van der Waals surface area contributed by atoms with Crippen molar-refractivity contribution in [2.75, 3.05) is 33.9 Å². The van der Waals surface area contributed by atoms with Gasteiger partial charge in [0.15, 0.2) is 5.41 Å². The van der Waals surface area contributed by atoms with E-state index in [9.17, 15) is 22.8 Å². The van der Waals surface area contributed by atoms with Crippen LogP contribution in [0.1, 0.15) is 66.4 Å². The molecule has 9 nitrogen and oxygen atoms in total. The minimum Gasteiger partial charge on any atom is -0.468 e. The van der Waals surface area contributed by atoms with Gasteiger partial charge in [-0.15, -0.1) is 0 Å². The number of fused-ring (bicyclic) bond motifs is 16. The first-order chi connectivity index (χ1) is 19.1. The molecular formula is C30H39NO8S. The number of sulfonamides is 1. The summed E-state index contributed by atoms with van der Waals surface area (Å²) in [6.07, 6.45) is 3.83. The van der Waals surface area contributed by atoms with Gasteiger partial charge in [0.1, 0.15) is 0 Å². The summed E-state index contributed by atoms with van der Waals surface area (Å²) in [5.74, 6) is -1.90. The van der Waals surface area contributed by atoms with Crippen LogP contribution >= 0.6 is 0 Å². The van der Waals surface area contributed by atoms with Gasteiger partial charge in [0.2, 0.25) is 10.0 Å². The summed E-state index contributed by atoms with van der Waals surface area (Å²) in [5, 5.41) is 0. The number of nitrogens with zero attached hydrogens (tertiary/aromatic N) is 1. The highest BCUT2D eigenvalue weighted by Crippen LogP contribution is 2.33. The molecule has 2 aliphatic rings. The van der Waals surface area contributed by atoms with Crippen LogP contribution in [0.15, 0.2) is 53.4 Å². The largest absolute Gasteiger partial charge is 0.468 e. The second-order valence-electron chi connectivity index (χ2n) is 10.2. The molecule has 218 valence electrons. The summed E-state index contributed by atoms with van der Waals surface area (Å²) in [4.78, 5) is 38.8. The Morgan fingerprint density at radius 2 is 1.40 bits per heavy atom. The molecule has 0 unspecified atom stereocenters. The number of carbonyl (C=O) groups is 3. The monoisotopic (exact) mass is 573 g/mol. The zero-order valence-corrected chi connectivity index (χ0v) is 24.3. The smallest absolute Gasteiger partial charge is 0.338 e. The van der Waals surface area contributed by atoms with E-state index in [4.69, 9.17) is 14.2 Å². The molecule has 0 spiro atoms. The summed E-state index contributed by atoms with van der Waals surface area (Å²) in [7, 11) is -1.30. The van der Waals surface area contributed by atoms with E-state index in [0.29, 0.717) is 43.4 Å². The highest BCUT2D eigenvalue weighted by molar-refractivity contribution is 7.89. The van der Waals surface area contributed by atoms with Gasteiger partial charge in [-0.25, -0.2) is 13.2 Å². The van der Waals surface area contributed by atoms with Crippen molar-refractivity contribution < 1.29 is 37.0 Å². The van der Waals surface area contributed by atoms with Crippen molar-refractivity contribution >= 4 is 27.9 Å². The topological polar surface area (TPSA) is 116 Å². The van der Waals surface area contributed by atoms with Crippen LogP contribution in [0.5, 0.6) is 0 Å². The molecule has 0 radical (unpaired) electrons. The second kappa shape index (κ2) is 14.4. The van der Waals surface area contributed by atoms with Crippen LogP contribution in [0.2, 0.25) is 0 Å². The van der Waals surface area contributed by atoms with E-state index in [1.54, 1.807) is 48.5 Å². The Kier molecular flexibility index (Phi) is 11.3. The van der Waals surface area contributed by atoms with Gasteiger partial charge >= 0.3 is 17.9 Å². The van der Waals surface area contributed by atoms with E-state index in [1.807, 2.05) is 6.92 Å². The van der Waals surface area contributed by atoms with E-state index in [-0.39, 0.29) is 30.9 Å². The van der Waals surface area contributed by atoms with Crippen molar-refractivity contribution in [3.63, 3.8) is 0 Å². The summed E-state index contributed by atoms with van der Waals surface area (Å²) in [6.45, 7) is 2.73. The molecule has 10 heteroatoms. The van der Waals surface area contributed by atoms with Crippen molar-refractivity contribution in [3.05, 3.63) is 65.2 Å². The molecule has 2 aliphatic heterocycles. The maximum atomic E-state index is 13.5. The minimum atomic E-state index is -3.74. The van der Waals surface area contributed by atoms with Gasteiger partial charge in [-0.05, 0) is 68.9 Å². The third-order valence-electron chi connectivity index (χ3n) is 7.30. The second-order valence-corrected chi connectivity index (χ2v) is 12.1. The quantitative estimate of drug-likeness (QED) is 0.299. The number of ether oxygens (including phenoxy) is 3. The van der Waals surface area contributed by atoms with Gasteiger partial charge in [-0.2, -0.15) is 4.31 Å². The summed E-state index contributed by atoms with van der Waals surface area (Å²) >= 11 is 0. The molecule has 4 rings (SSSR count). The predicted molar refractivity (Wildman–Crippen MR) is 149 cm³/mol. The first kappa shape index (κ1) is 31.3. The third kappa shape index (κ3) is 7.69. The molecule has 40 heavy (non-hydrogen) atoms. The van der Waals surface area contributed by atoms with Crippen LogP contribution in [0.4, 0.5) is 0 Å². The number of methoxy groups -OCH3 is 2. The van der Waals surface area contributed by atoms with Crippen LogP contribution in [0.3, 0.4) is 0 Å². The number of hydrogen-bond acceptors (Lipinski definition) is 8. The van der Waals surface area contributed by atoms with Crippen LogP contribution in [-0.4, -0.2) is 64.5 Å². The normalized spacial score (nSPS) is 18.0. The number of hydrogen-bond donors (Lipinski definition) is 0. The Bertz CT molecular complexity index is 1240. The number of carbonyl (C=O) groups excluding carboxylic acids is 3. The van der Waals surface area contributed by atoms with Gasteiger partial charge in [0.25, 0.3) is 0 Å². The molecule has 2 aromatic carbocycles. The van der Waals surface area contributed by atoms with Gasteiger partial charge in [-0.3, -0.25) is 9.59 Å². The lowest BCUT2D eigenvalue weighted by Gasteiger charge is -2.29. The lowest BCUT2D eigenvalue weighted by atomic mass is 9.77. The molecule has 0 N–H and O–H groups in total. The molecule has 0 saturated carbocycles. The highest BCUT2D eigenvalue weighted by atomic mass is 32.2. The Labute approximate surface area is 236 Å². The summed E-state index contributed by atoms with van der Waals surface area (Å²) in [5.41, 5.74) is 0.371. The Morgan fingerprint density at radius 1 is 0.825 bits per heavy atom. The average Bonchev–Trinajstić information content (AvgIpc) is 2.96. The van der Waals surface area contributed by atoms with E-state index in [1.165, 1.54) is 18.5 Å². The maximum absolute atomic E-state index is 13.5. The van der Waals surface area contributed by atoms with Gasteiger partial charge in [-0.1, -0.05) is 49.1 Å². The van der Waals surface area contributed by atoms with Crippen LogP contribution in [-0.2, 0) is 40.2 Å². The van der Waals surface area contributed by atoms with Crippen molar-refractivity contribution in [2.45, 2.75) is 63.2 Å². The molecule has 0 atom stereocenters. The Morgan fingerprint density at radius 3 is 2.00 bits per heavy atom. The van der Waals surface area contributed by atoms with Crippen molar-refractivity contribution in [1.82, 2.24) is 4.31 Å². The Hall–Kier alpha value is -3.24. The zero-order valence-electron chi connectivity index (χ0n) is 23.5. The van der Waals surface area contributed by atoms with Crippen molar-refractivity contribution in [2.24, 2.45) is 5.41 Å². The fourth-order valence-electron chi connectivity index (χ4n) is 4.94. The van der Waals surface area contributed by atoms with E-state index < -0.39 is 33.3 Å². The molecule has 0 aromatic heterocycles. The molecular weight excluding hydrogens is 534 g/mol. The Balaban J connectivity index is 1.90. The molecule has 0 aliphatic carbocycles. The lowest BCUT2D eigenvalue weighted by molar-refractivity contribution is -0.170. The van der Waals surface area contributed by atoms with Crippen LogP contribution in [0, 0.1) is 12.3 Å². The van der Waals surface area contributed by atoms with Gasteiger partial charge in [0.05, 0.1) is 31.3 Å². The number of aryl methyl sites for hydroxylation is 1. The van der Waals surface area contributed by atoms with Crippen molar-refractivity contribution in [3.8, 4) is 0 Å². The highest BCUT2D eigenvalue weighted by Gasteiger charge is 2.48. The van der Waals surface area contributed by atoms with E-state index in [2.05, 4.69) is 0 Å². The van der Waals surface area contributed by atoms with Crippen molar-refractivity contribution in [1.29, 1.82) is 0 Å². The summed E-state index contributed by atoms with van der Waals surface area (Å²) in [6, 6.07) is 13.3. The maximum Gasteiger partial charge on any atom is 0.338 e. The van der Waals surface area contributed by atoms with Gasteiger partial charge in [0, 0.05) is 13.1 Å². The summed E-state index contributed by atoms with van der Waals surface area (Å²) < 4.78 is 44.0. The molecule has 2 aromatic rings. The minimum absolute atomic E-state index is 0.00700. The SMILES string of the molecule is COC(=O)C1(C(=O)OC)CCCCN(S(=O)(=O)c2ccc(C)cc2)CCCCCCOC(=O)c2ccc(cc2)C1. The average molecular weight is 574 g/mol. The predicted octanol–water partition coefficient (Wildman–Crippen LogP) is 4.46. The first-order valence-corrected chi connectivity index (χ1v) is 15.1. The molecule has 2 bridgehead atoms. The fourth-order valence-corrected chi connectivity index (χ4v) is 6.45. The van der Waals surface area contributed by atoms with Crippen LogP contribution in [0.25, 0.3) is 0 Å². The fraction of sp³-hybridized carbons (Fsp3) is 0.500. The lowest BCUT2D eigenvalue weighted by Crippen LogP contribution is -2.43. The molecule has 0 amide bonds. The number of rotatable bonds is 4. The molecule has 0 saturated heterocycles. The molecule has 0 fully saturated rings. The third-order valence-corrected chi connectivity index (χ3v) is 9.22. The standard InChI is InChI=1S/C30H39NO8S/c1-23-10-16-26(17-11-23)40(35,36)31-19-7-4-5-9-21-39-27(32)25-14-12-24(13-15-25)22-30(28(33)37-2,29(34)38-3)18-6-8-20-31/h10-17H,4-9,18-22H2,1-3H3.